The molecule has 2 heterocycles. The molecule has 3 rings (SSSR count). The van der Waals surface area contributed by atoms with Gasteiger partial charge in [-0.1, -0.05) is 31.2 Å². The van der Waals surface area contributed by atoms with E-state index in [1.54, 1.807) is 0 Å². The van der Waals surface area contributed by atoms with E-state index in [9.17, 15) is 0 Å². The van der Waals surface area contributed by atoms with E-state index in [4.69, 9.17) is 0 Å². The third kappa shape index (κ3) is 1.54. The quantitative estimate of drug-likeness (QED) is 0.697. The molecule has 0 saturated carbocycles. The zero-order valence-electron chi connectivity index (χ0n) is 9.76. The highest BCUT2D eigenvalue weighted by molar-refractivity contribution is 5.51. The Morgan fingerprint density at radius 2 is 2.00 bits per heavy atom. The molecular formula is C14H18N2. The Hall–Kier alpha value is -1.28. The standard InChI is InChI=1S/C14H18N2/c1-2-12-5-7-13(8-6-12)16-11-10-15-9-3-4-14(15)16/h3-8,14H,2,9-11H2,1H3. The first-order valence-electron chi connectivity index (χ1n) is 6.15. The molecule has 0 radical (unpaired) electrons. The minimum Gasteiger partial charge on any atom is -0.351 e. The SMILES string of the molecule is CCc1ccc(N2CCN3CC=CC32)cc1. The molecule has 1 fully saturated rings. The van der Waals surface area contributed by atoms with E-state index in [2.05, 4.69) is 53.1 Å². The molecule has 16 heavy (non-hydrogen) atoms. The highest BCUT2D eigenvalue weighted by Crippen LogP contribution is 2.27. The van der Waals surface area contributed by atoms with E-state index in [0.717, 1.165) is 19.5 Å². The van der Waals surface area contributed by atoms with E-state index in [1.165, 1.54) is 17.8 Å². The molecule has 1 aromatic rings. The molecule has 0 spiro atoms. The molecule has 0 aromatic heterocycles. The lowest BCUT2D eigenvalue weighted by Gasteiger charge is -2.25. The van der Waals surface area contributed by atoms with Gasteiger partial charge in [0.2, 0.25) is 0 Å². The predicted octanol–water partition coefficient (Wildman–Crippen LogP) is 2.27. The van der Waals surface area contributed by atoms with Gasteiger partial charge in [-0.15, -0.1) is 0 Å². The van der Waals surface area contributed by atoms with E-state index >= 15 is 0 Å². The zero-order chi connectivity index (χ0) is 11.0. The molecular weight excluding hydrogens is 196 g/mol. The van der Waals surface area contributed by atoms with Crippen LogP contribution >= 0.6 is 0 Å². The van der Waals surface area contributed by atoms with Gasteiger partial charge in [0.25, 0.3) is 0 Å². The third-order valence-electron chi connectivity index (χ3n) is 3.65. The van der Waals surface area contributed by atoms with Gasteiger partial charge in [0.05, 0.1) is 0 Å². The molecule has 2 nitrogen and oxygen atoms in total. The molecule has 0 N–H and O–H groups in total. The lowest BCUT2D eigenvalue weighted by Crippen LogP contribution is -2.33. The Balaban J connectivity index is 1.83. The maximum atomic E-state index is 2.51. The number of benzene rings is 1. The number of rotatable bonds is 2. The predicted molar refractivity (Wildman–Crippen MR) is 67.7 cm³/mol. The number of fused-ring (bicyclic) bond motifs is 1. The summed E-state index contributed by atoms with van der Waals surface area (Å²) in [5.74, 6) is 0. The number of nitrogens with zero attached hydrogens (tertiary/aromatic N) is 2. The summed E-state index contributed by atoms with van der Waals surface area (Å²) in [5.41, 5.74) is 2.78. The van der Waals surface area contributed by atoms with Crippen LogP contribution in [0.5, 0.6) is 0 Å². The van der Waals surface area contributed by atoms with Crippen molar-refractivity contribution in [2.24, 2.45) is 0 Å². The van der Waals surface area contributed by atoms with Gasteiger partial charge >= 0.3 is 0 Å². The Morgan fingerprint density at radius 3 is 2.75 bits per heavy atom. The second-order valence-corrected chi connectivity index (χ2v) is 4.55. The van der Waals surface area contributed by atoms with Crippen LogP contribution in [-0.4, -0.2) is 30.7 Å². The zero-order valence-corrected chi connectivity index (χ0v) is 9.76. The first-order valence-corrected chi connectivity index (χ1v) is 6.15. The van der Waals surface area contributed by atoms with Crippen molar-refractivity contribution in [2.45, 2.75) is 19.5 Å². The van der Waals surface area contributed by atoms with Crippen LogP contribution in [0, 0.1) is 0 Å². The summed E-state index contributed by atoms with van der Waals surface area (Å²) in [4.78, 5) is 5.00. The molecule has 1 unspecified atom stereocenters. The normalized spacial score (nSPS) is 24.1. The summed E-state index contributed by atoms with van der Waals surface area (Å²) >= 11 is 0. The highest BCUT2D eigenvalue weighted by Gasteiger charge is 2.31. The van der Waals surface area contributed by atoms with Gasteiger partial charge < -0.3 is 4.90 Å². The van der Waals surface area contributed by atoms with Gasteiger partial charge in [-0.3, -0.25) is 4.90 Å². The second kappa shape index (κ2) is 3.95. The monoisotopic (exact) mass is 214 g/mol. The van der Waals surface area contributed by atoms with Gasteiger partial charge in [0.15, 0.2) is 0 Å². The first-order chi connectivity index (χ1) is 7.88. The van der Waals surface area contributed by atoms with Crippen LogP contribution in [0.2, 0.25) is 0 Å². The maximum absolute atomic E-state index is 2.51. The molecule has 1 atom stereocenters. The molecule has 1 aromatic carbocycles. The van der Waals surface area contributed by atoms with Crippen molar-refractivity contribution < 1.29 is 0 Å². The number of anilines is 1. The van der Waals surface area contributed by atoms with Crippen molar-refractivity contribution in [3.8, 4) is 0 Å². The topological polar surface area (TPSA) is 6.48 Å². The molecule has 2 aliphatic rings. The Bertz CT molecular complexity index is 394. The summed E-state index contributed by atoms with van der Waals surface area (Å²) < 4.78 is 0. The first kappa shape index (κ1) is 9.91. The number of hydrogen-bond acceptors (Lipinski definition) is 2. The van der Waals surface area contributed by atoms with Crippen molar-refractivity contribution in [3.05, 3.63) is 42.0 Å². The fourth-order valence-corrected chi connectivity index (χ4v) is 2.65. The maximum Gasteiger partial charge on any atom is 0.102 e. The molecule has 84 valence electrons. The highest BCUT2D eigenvalue weighted by atomic mass is 15.4. The molecule has 2 aliphatic heterocycles. The van der Waals surface area contributed by atoms with Crippen LogP contribution in [0.4, 0.5) is 5.69 Å². The van der Waals surface area contributed by atoms with Gasteiger partial charge in [-0.2, -0.15) is 0 Å². The molecule has 0 aliphatic carbocycles. The van der Waals surface area contributed by atoms with Crippen molar-refractivity contribution in [1.29, 1.82) is 0 Å². The Morgan fingerprint density at radius 1 is 1.19 bits per heavy atom. The number of aryl methyl sites for hydroxylation is 1. The Kier molecular flexibility index (Phi) is 2.44. The minimum absolute atomic E-state index is 0.507. The van der Waals surface area contributed by atoms with Crippen LogP contribution in [0.25, 0.3) is 0 Å². The summed E-state index contributed by atoms with van der Waals surface area (Å²) in [7, 11) is 0. The van der Waals surface area contributed by atoms with Gasteiger partial charge in [0, 0.05) is 25.3 Å². The van der Waals surface area contributed by atoms with Crippen molar-refractivity contribution in [3.63, 3.8) is 0 Å². The van der Waals surface area contributed by atoms with Crippen molar-refractivity contribution in [1.82, 2.24) is 4.90 Å². The molecule has 0 bridgehead atoms. The van der Waals surface area contributed by atoms with Crippen molar-refractivity contribution in [2.75, 3.05) is 24.5 Å². The van der Waals surface area contributed by atoms with E-state index in [0.29, 0.717) is 6.17 Å². The smallest absolute Gasteiger partial charge is 0.102 e. The second-order valence-electron chi connectivity index (χ2n) is 4.55. The van der Waals surface area contributed by atoms with E-state index < -0.39 is 0 Å². The third-order valence-corrected chi connectivity index (χ3v) is 3.65. The van der Waals surface area contributed by atoms with E-state index in [1.807, 2.05) is 0 Å². The van der Waals surface area contributed by atoms with Crippen LogP contribution in [0.1, 0.15) is 12.5 Å². The largest absolute Gasteiger partial charge is 0.351 e. The van der Waals surface area contributed by atoms with Crippen molar-refractivity contribution >= 4 is 5.69 Å². The lowest BCUT2D eigenvalue weighted by atomic mass is 10.1. The van der Waals surface area contributed by atoms with Gasteiger partial charge in [-0.25, -0.2) is 0 Å². The fourth-order valence-electron chi connectivity index (χ4n) is 2.65. The average Bonchev–Trinajstić information content (AvgIpc) is 2.91. The van der Waals surface area contributed by atoms with E-state index in [-0.39, 0.29) is 0 Å². The summed E-state index contributed by atoms with van der Waals surface area (Å²) in [6, 6.07) is 9.01. The lowest BCUT2D eigenvalue weighted by molar-refractivity contribution is 0.345. The average molecular weight is 214 g/mol. The Labute approximate surface area is 97.2 Å². The number of hydrogen-bond donors (Lipinski definition) is 0. The summed E-state index contributed by atoms with van der Waals surface area (Å²) in [5, 5.41) is 0. The van der Waals surface area contributed by atoms with Crippen LogP contribution in [-0.2, 0) is 6.42 Å². The molecule has 0 amide bonds. The fraction of sp³-hybridized carbons (Fsp3) is 0.429. The summed E-state index contributed by atoms with van der Waals surface area (Å²) in [6.45, 7) is 5.66. The molecule has 1 saturated heterocycles. The van der Waals surface area contributed by atoms with Crippen LogP contribution in [0.3, 0.4) is 0 Å². The van der Waals surface area contributed by atoms with Gasteiger partial charge in [0.1, 0.15) is 6.17 Å². The molecule has 2 heteroatoms. The van der Waals surface area contributed by atoms with Crippen LogP contribution in [0.15, 0.2) is 36.4 Å². The van der Waals surface area contributed by atoms with Gasteiger partial charge in [-0.05, 0) is 24.1 Å². The minimum atomic E-state index is 0.507. The van der Waals surface area contributed by atoms with Crippen LogP contribution < -0.4 is 4.90 Å². The summed E-state index contributed by atoms with van der Waals surface area (Å²) in [6.07, 6.45) is 6.22.